The first kappa shape index (κ1) is 13.7. The first-order valence-electron chi connectivity index (χ1n) is 5.29. The van der Waals surface area contributed by atoms with Crippen LogP contribution in [0.25, 0.3) is 10.9 Å². The maximum atomic E-state index is 12.9. The number of aromatic amines is 1. The molecule has 0 fully saturated rings. The third-order valence-corrected chi connectivity index (χ3v) is 2.77. The molecule has 2 aromatic rings. The third-order valence-electron chi connectivity index (χ3n) is 2.54. The van der Waals surface area contributed by atoms with Gasteiger partial charge in [0, 0.05) is 34.6 Å². The smallest absolute Gasteiger partial charge is 0.429 e. The molecule has 7 heteroatoms. The Kier molecular flexibility index (Phi) is 3.45. The molecular weight excluding hydrogens is 283 g/mol. The number of halogens is 4. The first-order chi connectivity index (χ1) is 8.79. The van der Waals surface area contributed by atoms with E-state index < -0.39 is 18.2 Å². The molecule has 1 heterocycles. The van der Waals surface area contributed by atoms with E-state index in [4.69, 9.17) is 11.6 Å². The van der Waals surface area contributed by atoms with Gasteiger partial charge < -0.3 is 9.72 Å². The second kappa shape index (κ2) is 4.77. The van der Waals surface area contributed by atoms with Gasteiger partial charge in [0.15, 0.2) is 0 Å². The largest absolute Gasteiger partial charge is 0.448 e. The normalized spacial score (nSPS) is 13.5. The topological polar surface area (TPSA) is 42.1 Å². The van der Waals surface area contributed by atoms with E-state index in [1.165, 1.54) is 12.3 Å². The van der Waals surface area contributed by atoms with Crippen molar-refractivity contribution in [2.75, 3.05) is 0 Å². The molecule has 0 amide bonds. The molecule has 0 spiro atoms. The molecule has 19 heavy (non-hydrogen) atoms. The molecule has 0 bridgehead atoms. The Bertz CT molecular complexity index is 621. The molecule has 0 aliphatic heterocycles. The molecule has 0 unspecified atom stereocenters. The zero-order valence-corrected chi connectivity index (χ0v) is 10.5. The number of fused-ring (bicyclic) bond motifs is 1. The Morgan fingerprint density at radius 3 is 2.68 bits per heavy atom. The molecule has 0 aliphatic rings. The van der Waals surface area contributed by atoms with Crippen LogP contribution in [0.3, 0.4) is 0 Å². The monoisotopic (exact) mass is 291 g/mol. The highest BCUT2D eigenvalue weighted by Crippen LogP contribution is 2.39. The molecule has 0 aliphatic carbocycles. The number of nitrogens with one attached hydrogen (secondary N) is 1. The minimum absolute atomic E-state index is 0.166. The number of hydrogen-bond donors (Lipinski definition) is 1. The molecule has 3 nitrogen and oxygen atoms in total. The van der Waals surface area contributed by atoms with E-state index in [2.05, 4.69) is 9.72 Å². The zero-order chi connectivity index (χ0) is 14.2. The van der Waals surface area contributed by atoms with Gasteiger partial charge in [-0.15, -0.1) is 0 Å². The molecule has 0 radical (unpaired) electrons. The van der Waals surface area contributed by atoms with Gasteiger partial charge in [-0.2, -0.15) is 13.2 Å². The molecule has 1 atom stereocenters. The van der Waals surface area contributed by atoms with Gasteiger partial charge in [0.05, 0.1) is 0 Å². The van der Waals surface area contributed by atoms with Gasteiger partial charge >= 0.3 is 12.1 Å². The van der Waals surface area contributed by atoms with Gasteiger partial charge in [-0.25, -0.2) is 0 Å². The Balaban J connectivity index is 2.55. The van der Waals surface area contributed by atoms with E-state index in [1.807, 2.05) is 0 Å². The van der Waals surface area contributed by atoms with Gasteiger partial charge in [0.1, 0.15) is 0 Å². The Labute approximate surface area is 111 Å². The van der Waals surface area contributed by atoms with Crippen molar-refractivity contribution >= 4 is 28.5 Å². The number of carbonyl (C=O) groups excluding carboxylic acids is 1. The molecule has 1 N–H and O–H groups in total. The standard InChI is InChI=1S/C12H9ClF3NO2/c1-6(18)19-11(12(14,15)16)9-5-17-10-3-2-7(13)4-8(9)10/h2-5,11,17H,1H3/t11-/m0/s1. The van der Waals surface area contributed by atoms with Crippen LogP contribution in [0, 0.1) is 0 Å². The lowest BCUT2D eigenvalue weighted by Crippen LogP contribution is -2.25. The van der Waals surface area contributed by atoms with Crippen molar-refractivity contribution < 1.29 is 22.7 Å². The van der Waals surface area contributed by atoms with Crippen LogP contribution >= 0.6 is 11.6 Å². The van der Waals surface area contributed by atoms with Crippen LogP contribution in [0.2, 0.25) is 5.02 Å². The fourth-order valence-electron chi connectivity index (χ4n) is 1.80. The molecule has 0 saturated carbocycles. The highest BCUT2D eigenvalue weighted by molar-refractivity contribution is 6.31. The average Bonchev–Trinajstić information content (AvgIpc) is 2.66. The molecule has 2 rings (SSSR count). The summed E-state index contributed by atoms with van der Waals surface area (Å²) in [5.74, 6) is -1.00. The summed E-state index contributed by atoms with van der Waals surface area (Å²) >= 11 is 5.77. The lowest BCUT2D eigenvalue weighted by atomic mass is 10.1. The van der Waals surface area contributed by atoms with Gasteiger partial charge in [-0.1, -0.05) is 11.6 Å². The van der Waals surface area contributed by atoms with Crippen LogP contribution in [0.1, 0.15) is 18.6 Å². The van der Waals surface area contributed by atoms with E-state index in [0.717, 1.165) is 6.92 Å². The van der Waals surface area contributed by atoms with Crippen LogP contribution in [0.4, 0.5) is 13.2 Å². The number of rotatable bonds is 2. The van der Waals surface area contributed by atoms with E-state index in [0.29, 0.717) is 10.5 Å². The third kappa shape index (κ3) is 2.84. The highest BCUT2D eigenvalue weighted by Gasteiger charge is 2.44. The number of aromatic nitrogens is 1. The van der Waals surface area contributed by atoms with Gasteiger partial charge in [-0.05, 0) is 18.2 Å². The van der Waals surface area contributed by atoms with Crippen molar-refractivity contribution in [2.45, 2.75) is 19.2 Å². The number of ether oxygens (including phenoxy) is 1. The molecule has 102 valence electrons. The van der Waals surface area contributed by atoms with Gasteiger partial charge in [0.2, 0.25) is 6.10 Å². The number of esters is 1. The fraction of sp³-hybridized carbons (Fsp3) is 0.250. The number of alkyl halides is 3. The van der Waals surface area contributed by atoms with Gasteiger partial charge in [-0.3, -0.25) is 4.79 Å². The molecule has 1 aromatic heterocycles. The summed E-state index contributed by atoms with van der Waals surface area (Å²) in [5, 5.41) is 0.577. The summed E-state index contributed by atoms with van der Waals surface area (Å²) in [4.78, 5) is 13.5. The average molecular weight is 292 g/mol. The van der Waals surface area contributed by atoms with E-state index in [1.54, 1.807) is 12.1 Å². The van der Waals surface area contributed by atoms with E-state index in [-0.39, 0.29) is 10.9 Å². The Hall–Kier alpha value is -1.69. The zero-order valence-electron chi connectivity index (χ0n) is 9.72. The number of benzene rings is 1. The maximum Gasteiger partial charge on any atom is 0.429 e. The molecule has 1 aromatic carbocycles. The highest BCUT2D eigenvalue weighted by atomic mass is 35.5. The minimum Gasteiger partial charge on any atom is -0.448 e. The van der Waals surface area contributed by atoms with Crippen molar-refractivity contribution in [2.24, 2.45) is 0 Å². The SMILES string of the molecule is CC(=O)O[C@@H](c1c[nH]c2ccc(Cl)cc12)C(F)(F)F. The van der Waals surface area contributed by atoms with E-state index in [9.17, 15) is 18.0 Å². The Morgan fingerprint density at radius 2 is 2.11 bits per heavy atom. The van der Waals surface area contributed by atoms with Crippen molar-refractivity contribution in [3.63, 3.8) is 0 Å². The summed E-state index contributed by atoms with van der Waals surface area (Å²) in [6.45, 7) is 0.931. The minimum atomic E-state index is -4.69. The number of hydrogen-bond acceptors (Lipinski definition) is 2. The summed E-state index contributed by atoms with van der Waals surface area (Å²) < 4.78 is 43.2. The summed E-state index contributed by atoms with van der Waals surface area (Å²) in [7, 11) is 0. The lowest BCUT2D eigenvalue weighted by molar-refractivity contribution is -0.222. The van der Waals surface area contributed by atoms with Crippen LogP contribution < -0.4 is 0 Å². The Morgan fingerprint density at radius 1 is 1.42 bits per heavy atom. The summed E-state index contributed by atoms with van der Waals surface area (Å²) in [6, 6.07) is 4.51. The number of carbonyl (C=O) groups is 1. The van der Waals surface area contributed by atoms with Gasteiger partial charge in [0.25, 0.3) is 0 Å². The predicted octanol–water partition coefficient (Wildman–Crippen LogP) is 3.99. The summed E-state index contributed by atoms with van der Waals surface area (Å²) in [6.07, 6.45) is -5.83. The quantitative estimate of drug-likeness (QED) is 0.850. The number of H-pyrrole nitrogens is 1. The van der Waals surface area contributed by atoms with Crippen LogP contribution in [0.15, 0.2) is 24.4 Å². The fourth-order valence-corrected chi connectivity index (χ4v) is 1.98. The lowest BCUT2D eigenvalue weighted by Gasteiger charge is -2.19. The maximum absolute atomic E-state index is 12.9. The first-order valence-corrected chi connectivity index (χ1v) is 5.67. The summed E-state index contributed by atoms with van der Waals surface area (Å²) in [5.41, 5.74) is 0.320. The molecule has 0 saturated heterocycles. The van der Waals surface area contributed by atoms with Crippen molar-refractivity contribution in [1.82, 2.24) is 4.98 Å². The molecular formula is C12H9ClF3NO2. The van der Waals surface area contributed by atoms with Crippen LogP contribution in [0.5, 0.6) is 0 Å². The van der Waals surface area contributed by atoms with Crippen molar-refractivity contribution in [3.8, 4) is 0 Å². The van der Waals surface area contributed by atoms with E-state index >= 15 is 0 Å². The second-order valence-corrected chi connectivity index (χ2v) is 4.40. The van der Waals surface area contributed by atoms with Crippen LogP contribution in [-0.4, -0.2) is 17.1 Å². The van der Waals surface area contributed by atoms with Crippen molar-refractivity contribution in [3.05, 3.63) is 35.0 Å². The second-order valence-electron chi connectivity index (χ2n) is 3.97. The van der Waals surface area contributed by atoms with Crippen LogP contribution in [-0.2, 0) is 9.53 Å². The predicted molar refractivity (Wildman–Crippen MR) is 63.9 cm³/mol. The van der Waals surface area contributed by atoms with Crippen molar-refractivity contribution in [1.29, 1.82) is 0 Å².